The number of hydrogen-bond donors (Lipinski definition) is 1. The SMILES string of the molecule is Cc1cc(Cn2cnn(-c3ccc(C(C)C)cc3)c2=O)cc(C)c1OC(C)(C)C(=O)O. The van der Waals surface area contributed by atoms with Crippen molar-refractivity contribution in [2.75, 3.05) is 0 Å². The van der Waals surface area contributed by atoms with Crippen LogP contribution >= 0.6 is 0 Å². The van der Waals surface area contributed by atoms with E-state index in [2.05, 4.69) is 18.9 Å². The summed E-state index contributed by atoms with van der Waals surface area (Å²) in [5.74, 6) is -0.0666. The van der Waals surface area contributed by atoms with Crippen molar-refractivity contribution < 1.29 is 14.6 Å². The molecule has 1 aromatic heterocycles. The zero-order valence-corrected chi connectivity index (χ0v) is 18.8. The van der Waals surface area contributed by atoms with E-state index in [1.807, 2.05) is 50.2 Å². The smallest absolute Gasteiger partial charge is 0.350 e. The molecule has 0 saturated carbocycles. The molecule has 0 radical (unpaired) electrons. The lowest BCUT2D eigenvalue weighted by atomic mass is 10.0. The summed E-state index contributed by atoms with van der Waals surface area (Å²) >= 11 is 0. The molecule has 31 heavy (non-hydrogen) atoms. The highest BCUT2D eigenvalue weighted by atomic mass is 16.5. The third kappa shape index (κ3) is 4.71. The maximum Gasteiger partial charge on any atom is 0.350 e. The lowest BCUT2D eigenvalue weighted by molar-refractivity contribution is -0.152. The molecule has 1 N–H and O–H groups in total. The van der Waals surface area contributed by atoms with Crippen LogP contribution in [0.25, 0.3) is 5.69 Å². The molecule has 0 saturated heterocycles. The predicted molar refractivity (Wildman–Crippen MR) is 119 cm³/mol. The van der Waals surface area contributed by atoms with Crippen molar-refractivity contribution in [2.45, 2.75) is 59.6 Å². The number of rotatable bonds is 7. The number of aryl methyl sites for hydroxylation is 2. The van der Waals surface area contributed by atoms with Crippen LogP contribution in [0.2, 0.25) is 0 Å². The molecule has 1 heterocycles. The minimum atomic E-state index is -1.33. The molecule has 3 aromatic rings. The molecule has 164 valence electrons. The number of carboxylic acids is 1. The van der Waals surface area contributed by atoms with Crippen molar-refractivity contribution in [3.8, 4) is 11.4 Å². The van der Waals surface area contributed by atoms with Crippen LogP contribution in [-0.4, -0.2) is 31.0 Å². The summed E-state index contributed by atoms with van der Waals surface area (Å²) in [6.45, 7) is 11.4. The Hall–Kier alpha value is -3.35. The van der Waals surface area contributed by atoms with Crippen LogP contribution in [0, 0.1) is 13.8 Å². The molecule has 7 nitrogen and oxygen atoms in total. The largest absolute Gasteiger partial charge is 0.478 e. The second-order valence-electron chi connectivity index (χ2n) is 8.68. The maximum atomic E-state index is 12.9. The van der Waals surface area contributed by atoms with E-state index >= 15 is 0 Å². The van der Waals surface area contributed by atoms with Crippen LogP contribution in [0.1, 0.15) is 55.9 Å². The van der Waals surface area contributed by atoms with Crippen molar-refractivity contribution in [3.63, 3.8) is 0 Å². The van der Waals surface area contributed by atoms with E-state index in [-0.39, 0.29) is 5.69 Å². The third-order valence-corrected chi connectivity index (χ3v) is 5.28. The average molecular weight is 424 g/mol. The van der Waals surface area contributed by atoms with Gasteiger partial charge in [-0.05, 0) is 68.0 Å². The molecule has 0 atom stereocenters. The second kappa shape index (κ2) is 8.41. The summed E-state index contributed by atoms with van der Waals surface area (Å²) in [6, 6.07) is 11.6. The second-order valence-corrected chi connectivity index (χ2v) is 8.68. The summed E-state index contributed by atoms with van der Waals surface area (Å²) in [4.78, 5) is 24.3. The number of ether oxygens (including phenoxy) is 1. The van der Waals surface area contributed by atoms with Crippen LogP contribution < -0.4 is 10.4 Å². The molecule has 0 aliphatic rings. The van der Waals surface area contributed by atoms with Gasteiger partial charge in [-0.2, -0.15) is 9.78 Å². The number of aromatic nitrogens is 3. The van der Waals surface area contributed by atoms with E-state index in [9.17, 15) is 14.7 Å². The minimum Gasteiger partial charge on any atom is -0.478 e. The Balaban J connectivity index is 1.85. The first-order valence-electron chi connectivity index (χ1n) is 10.3. The van der Waals surface area contributed by atoms with E-state index in [1.54, 1.807) is 4.57 Å². The van der Waals surface area contributed by atoms with Crippen molar-refractivity contribution in [1.82, 2.24) is 14.3 Å². The van der Waals surface area contributed by atoms with Crippen LogP contribution in [-0.2, 0) is 11.3 Å². The van der Waals surface area contributed by atoms with E-state index in [0.717, 1.165) is 22.4 Å². The van der Waals surface area contributed by atoms with Gasteiger partial charge < -0.3 is 9.84 Å². The van der Waals surface area contributed by atoms with Crippen molar-refractivity contribution in [1.29, 1.82) is 0 Å². The number of benzene rings is 2. The molecular weight excluding hydrogens is 394 g/mol. The van der Waals surface area contributed by atoms with E-state index in [0.29, 0.717) is 18.2 Å². The zero-order valence-electron chi connectivity index (χ0n) is 18.8. The Morgan fingerprint density at radius 1 is 1.13 bits per heavy atom. The molecule has 0 fully saturated rings. The van der Waals surface area contributed by atoms with Gasteiger partial charge in [0, 0.05) is 0 Å². The number of hydrogen-bond acceptors (Lipinski definition) is 4. The van der Waals surface area contributed by atoms with E-state index in [4.69, 9.17) is 4.74 Å². The van der Waals surface area contributed by atoms with Crippen LogP contribution in [0.15, 0.2) is 47.5 Å². The van der Waals surface area contributed by atoms with Gasteiger partial charge in [0.15, 0.2) is 5.60 Å². The number of carboxylic acid groups (broad SMARTS) is 1. The molecule has 0 amide bonds. The summed E-state index contributed by atoms with van der Waals surface area (Å²) in [5.41, 5.74) is 2.91. The average Bonchev–Trinajstić information content (AvgIpc) is 3.05. The topological polar surface area (TPSA) is 86.4 Å². The first-order valence-corrected chi connectivity index (χ1v) is 10.3. The highest BCUT2D eigenvalue weighted by Crippen LogP contribution is 2.29. The fourth-order valence-electron chi connectivity index (χ4n) is 3.41. The van der Waals surface area contributed by atoms with E-state index in [1.165, 1.54) is 30.4 Å². The molecule has 3 rings (SSSR count). The van der Waals surface area contributed by atoms with Gasteiger partial charge in [-0.1, -0.05) is 38.1 Å². The Morgan fingerprint density at radius 2 is 1.71 bits per heavy atom. The zero-order chi connectivity index (χ0) is 22.9. The molecular formula is C24H29N3O4. The van der Waals surface area contributed by atoms with Crippen LogP contribution in [0.3, 0.4) is 0 Å². The minimum absolute atomic E-state index is 0.222. The molecule has 7 heteroatoms. The lowest BCUT2D eigenvalue weighted by Crippen LogP contribution is -2.38. The van der Waals surface area contributed by atoms with Gasteiger partial charge in [0.1, 0.15) is 12.1 Å². The number of nitrogens with zero attached hydrogens (tertiary/aromatic N) is 3. The van der Waals surface area contributed by atoms with Gasteiger partial charge >= 0.3 is 11.7 Å². The normalized spacial score (nSPS) is 11.7. The van der Waals surface area contributed by atoms with Gasteiger partial charge in [0.05, 0.1) is 12.2 Å². The summed E-state index contributed by atoms with van der Waals surface area (Å²) in [6.07, 6.45) is 1.53. The van der Waals surface area contributed by atoms with E-state index < -0.39 is 11.6 Å². The molecule has 0 aliphatic carbocycles. The number of carbonyl (C=O) groups is 1. The molecule has 0 spiro atoms. The molecule has 2 aromatic carbocycles. The van der Waals surface area contributed by atoms with Gasteiger partial charge in [0.2, 0.25) is 0 Å². The highest BCUT2D eigenvalue weighted by molar-refractivity contribution is 5.77. The summed E-state index contributed by atoms with van der Waals surface area (Å²) < 4.78 is 8.69. The number of aliphatic carboxylic acids is 1. The molecule has 0 bridgehead atoms. The fourth-order valence-corrected chi connectivity index (χ4v) is 3.41. The standard InChI is InChI=1S/C24H29N3O4/c1-15(2)19-7-9-20(10-8-19)27-23(30)26(14-25-27)13-18-11-16(3)21(17(4)12-18)31-24(5,6)22(28)29/h7-12,14-15H,13H2,1-6H3,(H,28,29). The Kier molecular flexibility index (Phi) is 6.06. The summed E-state index contributed by atoms with van der Waals surface area (Å²) in [7, 11) is 0. The van der Waals surface area contributed by atoms with Gasteiger partial charge in [-0.15, -0.1) is 0 Å². The Labute approximate surface area is 181 Å². The van der Waals surface area contributed by atoms with Gasteiger partial charge in [-0.25, -0.2) is 9.59 Å². The predicted octanol–water partition coefficient (Wildman–Crippen LogP) is 4.06. The highest BCUT2D eigenvalue weighted by Gasteiger charge is 2.30. The van der Waals surface area contributed by atoms with Crippen molar-refractivity contribution >= 4 is 5.97 Å². The Bertz CT molecular complexity index is 1130. The van der Waals surface area contributed by atoms with Crippen LogP contribution in [0.4, 0.5) is 0 Å². The monoisotopic (exact) mass is 423 g/mol. The fraction of sp³-hybridized carbons (Fsp3) is 0.375. The third-order valence-electron chi connectivity index (χ3n) is 5.28. The van der Waals surface area contributed by atoms with Gasteiger partial charge in [0.25, 0.3) is 0 Å². The Morgan fingerprint density at radius 3 is 2.23 bits per heavy atom. The molecule has 0 unspecified atom stereocenters. The molecule has 0 aliphatic heterocycles. The first-order chi connectivity index (χ1) is 14.5. The van der Waals surface area contributed by atoms with Crippen molar-refractivity contribution in [2.24, 2.45) is 0 Å². The lowest BCUT2D eigenvalue weighted by Gasteiger charge is -2.24. The first kappa shape index (κ1) is 22.3. The summed E-state index contributed by atoms with van der Waals surface area (Å²) in [5, 5.41) is 13.6. The quantitative estimate of drug-likeness (QED) is 0.619. The van der Waals surface area contributed by atoms with Crippen molar-refractivity contribution in [3.05, 3.63) is 75.5 Å². The van der Waals surface area contributed by atoms with Crippen LogP contribution in [0.5, 0.6) is 5.75 Å². The maximum absolute atomic E-state index is 12.9. The van der Waals surface area contributed by atoms with Gasteiger partial charge in [-0.3, -0.25) is 4.57 Å².